The zero-order chi connectivity index (χ0) is 13.4. The third-order valence-corrected chi connectivity index (χ3v) is 3.10. The van der Waals surface area contributed by atoms with Gasteiger partial charge in [0.15, 0.2) is 0 Å². The largest absolute Gasteiger partial charge is 0.395 e. The summed E-state index contributed by atoms with van der Waals surface area (Å²) in [4.78, 5) is 17.9. The van der Waals surface area contributed by atoms with Crippen molar-refractivity contribution in [1.29, 1.82) is 0 Å². The van der Waals surface area contributed by atoms with Crippen LogP contribution < -0.4 is 0 Å². The summed E-state index contributed by atoms with van der Waals surface area (Å²) in [5.41, 5.74) is 0.599. The number of halogens is 1. The second-order valence-electron chi connectivity index (χ2n) is 4.09. The highest BCUT2D eigenvalue weighted by atomic mass is 79.9. The summed E-state index contributed by atoms with van der Waals surface area (Å²) in [6, 6.07) is 3.39. The molecule has 0 bridgehead atoms. The lowest BCUT2D eigenvalue weighted by atomic mass is 10.2. The number of unbranched alkanes of at least 4 members (excludes halogenated alkanes) is 2. The first-order valence-electron chi connectivity index (χ1n) is 6.20. The number of aromatic nitrogens is 1. The first kappa shape index (κ1) is 15.1. The Hall–Kier alpha value is -0.940. The highest BCUT2D eigenvalue weighted by Gasteiger charge is 2.15. The minimum Gasteiger partial charge on any atom is -0.395 e. The number of pyridine rings is 1. The smallest absolute Gasteiger partial charge is 0.254 e. The number of hydrogen-bond acceptors (Lipinski definition) is 3. The molecule has 1 heterocycles. The average molecular weight is 315 g/mol. The Bertz CT molecular complexity index is 385. The summed E-state index contributed by atoms with van der Waals surface area (Å²) in [5, 5.41) is 9.03. The number of nitrogens with zero attached hydrogens (tertiary/aromatic N) is 2. The summed E-state index contributed by atoms with van der Waals surface area (Å²) in [5.74, 6) is -0.0525. The quantitative estimate of drug-likeness (QED) is 0.621. The molecular formula is C13H19BrN2O2. The van der Waals surface area contributed by atoms with Crippen LogP contribution in [0, 0.1) is 0 Å². The zero-order valence-corrected chi connectivity index (χ0v) is 12.2. The first-order chi connectivity index (χ1) is 8.69. The molecule has 0 unspecified atom stereocenters. The van der Waals surface area contributed by atoms with Crippen LogP contribution in [0.3, 0.4) is 0 Å². The summed E-state index contributed by atoms with van der Waals surface area (Å²) in [6.45, 7) is 3.18. The van der Waals surface area contributed by atoms with E-state index in [1.54, 1.807) is 23.2 Å². The van der Waals surface area contributed by atoms with Gasteiger partial charge in [0, 0.05) is 24.8 Å². The fourth-order valence-electron chi connectivity index (χ4n) is 1.71. The molecule has 1 aromatic rings. The van der Waals surface area contributed by atoms with Crippen LogP contribution in [0.25, 0.3) is 0 Å². The number of carbonyl (C=O) groups excluding carboxylic acids is 1. The predicted molar refractivity (Wildman–Crippen MR) is 74.5 cm³/mol. The van der Waals surface area contributed by atoms with Crippen molar-refractivity contribution < 1.29 is 9.90 Å². The van der Waals surface area contributed by atoms with Gasteiger partial charge in [0.1, 0.15) is 4.60 Å². The summed E-state index contributed by atoms with van der Waals surface area (Å²) < 4.78 is 0.644. The van der Waals surface area contributed by atoms with E-state index in [1.807, 2.05) is 0 Å². The maximum absolute atomic E-state index is 12.2. The van der Waals surface area contributed by atoms with Crippen molar-refractivity contribution in [3.8, 4) is 0 Å². The van der Waals surface area contributed by atoms with E-state index < -0.39 is 0 Å². The molecule has 1 rings (SSSR count). The van der Waals surface area contributed by atoms with Crippen molar-refractivity contribution in [2.75, 3.05) is 19.7 Å². The average Bonchev–Trinajstić information content (AvgIpc) is 2.37. The molecule has 0 radical (unpaired) electrons. The van der Waals surface area contributed by atoms with E-state index in [4.69, 9.17) is 5.11 Å². The van der Waals surface area contributed by atoms with Gasteiger partial charge in [0.05, 0.1) is 6.61 Å². The number of aliphatic hydroxyl groups excluding tert-OH is 1. The zero-order valence-electron chi connectivity index (χ0n) is 10.6. The minimum atomic E-state index is -0.0525. The lowest BCUT2D eigenvalue weighted by molar-refractivity contribution is 0.0718. The van der Waals surface area contributed by atoms with Crippen molar-refractivity contribution in [2.45, 2.75) is 26.2 Å². The molecular weight excluding hydrogens is 296 g/mol. The maximum Gasteiger partial charge on any atom is 0.254 e. The Morgan fingerprint density at radius 3 is 2.83 bits per heavy atom. The first-order valence-corrected chi connectivity index (χ1v) is 7.00. The van der Waals surface area contributed by atoms with E-state index in [2.05, 4.69) is 27.8 Å². The monoisotopic (exact) mass is 314 g/mol. The third kappa shape index (κ3) is 4.74. The van der Waals surface area contributed by atoms with Gasteiger partial charge < -0.3 is 10.0 Å². The third-order valence-electron chi connectivity index (χ3n) is 2.66. The van der Waals surface area contributed by atoms with E-state index in [1.165, 1.54) is 0 Å². The van der Waals surface area contributed by atoms with E-state index in [-0.39, 0.29) is 12.5 Å². The Kier molecular flexibility index (Phi) is 6.90. The topological polar surface area (TPSA) is 53.4 Å². The number of hydrogen-bond donors (Lipinski definition) is 1. The van der Waals surface area contributed by atoms with Crippen LogP contribution >= 0.6 is 15.9 Å². The molecule has 100 valence electrons. The molecule has 18 heavy (non-hydrogen) atoms. The molecule has 1 amide bonds. The molecule has 0 atom stereocenters. The molecule has 0 saturated heterocycles. The fraction of sp³-hybridized carbons (Fsp3) is 0.538. The standard InChI is InChI=1S/C13H19BrN2O2/c1-2-3-4-7-16(8-9-17)13(18)11-5-6-15-12(14)10-11/h5-6,10,17H,2-4,7-9H2,1H3. The molecule has 0 aliphatic heterocycles. The van der Waals surface area contributed by atoms with Crippen LogP contribution in [0.15, 0.2) is 22.9 Å². The molecule has 0 aliphatic carbocycles. The second-order valence-corrected chi connectivity index (χ2v) is 4.90. The van der Waals surface area contributed by atoms with Crippen molar-refractivity contribution in [1.82, 2.24) is 9.88 Å². The number of rotatable bonds is 7. The van der Waals surface area contributed by atoms with Crippen molar-refractivity contribution >= 4 is 21.8 Å². The van der Waals surface area contributed by atoms with E-state index >= 15 is 0 Å². The van der Waals surface area contributed by atoms with Gasteiger partial charge >= 0.3 is 0 Å². The van der Waals surface area contributed by atoms with E-state index in [9.17, 15) is 4.79 Å². The van der Waals surface area contributed by atoms with Gasteiger partial charge in [-0.1, -0.05) is 19.8 Å². The van der Waals surface area contributed by atoms with E-state index in [0.717, 1.165) is 19.3 Å². The highest BCUT2D eigenvalue weighted by molar-refractivity contribution is 9.10. The van der Waals surface area contributed by atoms with Crippen LogP contribution in [-0.4, -0.2) is 40.6 Å². The number of carbonyl (C=O) groups is 1. The van der Waals surface area contributed by atoms with Crippen molar-refractivity contribution in [3.05, 3.63) is 28.5 Å². The van der Waals surface area contributed by atoms with Crippen LogP contribution in [0.1, 0.15) is 36.5 Å². The molecule has 1 N–H and O–H groups in total. The van der Waals surface area contributed by atoms with Crippen molar-refractivity contribution in [3.63, 3.8) is 0 Å². The summed E-state index contributed by atoms with van der Waals surface area (Å²) in [7, 11) is 0. The minimum absolute atomic E-state index is 0.00980. The van der Waals surface area contributed by atoms with Crippen LogP contribution in [0.2, 0.25) is 0 Å². The summed E-state index contributed by atoms with van der Waals surface area (Å²) >= 11 is 3.25. The van der Waals surface area contributed by atoms with Crippen LogP contribution in [-0.2, 0) is 0 Å². The van der Waals surface area contributed by atoms with Crippen LogP contribution in [0.4, 0.5) is 0 Å². The lowest BCUT2D eigenvalue weighted by Crippen LogP contribution is -2.34. The number of amides is 1. The maximum atomic E-state index is 12.2. The Balaban J connectivity index is 2.69. The Morgan fingerprint density at radius 2 is 2.22 bits per heavy atom. The van der Waals surface area contributed by atoms with Gasteiger partial charge in [-0.2, -0.15) is 0 Å². The van der Waals surface area contributed by atoms with E-state index in [0.29, 0.717) is 23.3 Å². The van der Waals surface area contributed by atoms with Gasteiger partial charge in [0.2, 0.25) is 0 Å². The van der Waals surface area contributed by atoms with Crippen LogP contribution in [0.5, 0.6) is 0 Å². The molecule has 1 aromatic heterocycles. The SMILES string of the molecule is CCCCCN(CCO)C(=O)c1ccnc(Br)c1. The lowest BCUT2D eigenvalue weighted by Gasteiger charge is -2.21. The fourth-order valence-corrected chi connectivity index (χ4v) is 2.07. The molecule has 0 saturated carbocycles. The predicted octanol–water partition coefficient (Wildman–Crippen LogP) is 2.47. The molecule has 0 fully saturated rings. The van der Waals surface area contributed by atoms with Gasteiger partial charge in [-0.3, -0.25) is 4.79 Å². The molecule has 0 spiro atoms. The van der Waals surface area contributed by atoms with Gasteiger partial charge in [-0.05, 0) is 34.5 Å². The molecule has 5 heteroatoms. The van der Waals surface area contributed by atoms with Crippen molar-refractivity contribution in [2.24, 2.45) is 0 Å². The molecule has 0 aliphatic rings. The summed E-state index contributed by atoms with van der Waals surface area (Å²) in [6.07, 6.45) is 4.77. The van der Waals surface area contributed by atoms with Gasteiger partial charge in [-0.15, -0.1) is 0 Å². The van der Waals surface area contributed by atoms with Gasteiger partial charge in [0.25, 0.3) is 5.91 Å². The molecule has 4 nitrogen and oxygen atoms in total. The number of aliphatic hydroxyl groups is 1. The Labute approximate surface area is 116 Å². The second kappa shape index (κ2) is 8.21. The Morgan fingerprint density at radius 1 is 1.44 bits per heavy atom. The highest BCUT2D eigenvalue weighted by Crippen LogP contribution is 2.11. The normalized spacial score (nSPS) is 10.4. The van der Waals surface area contributed by atoms with Gasteiger partial charge in [-0.25, -0.2) is 4.98 Å². The molecule has 0 aromatic carbocycles.